The van der Waals surface area contributed by atoms with Crippen molar-refractivity contribution in [3.05, 3.63) is 35.6 Å². The highest BCUT2D eigenvalue weighted by molar-refractivity contribution is 6.04. The van der Waals surface area contributed by atoms with Gasteiger partial charge in [-0.2, -0.15) is 0 Å². The lowest BCUT2D eigenvalue weighted by molar-refractivity contribution is -0.148. The van der Waals surface area contributed by atoms with E-state index in [1.54, 1.807) is 19.1 Å². The zero-order valence-corrected chi connectivity index (χ0v) is 14.0. The summed E-state index contributed by atoms with van der Waals surface area (Å²) in [5.74, 6) is -1.41. The Bertz CT molecular complexity index is 647. The van der Waals surface area contributed by atoms with Crippen molar-refractivity contribution in [2.45, 2.75) is 26.4 Å². The second-order valence-electron chi connectivity index (χ2n) is 5.65. The predicted molar refractivity (Wildman–Crippen MR) is 85.9 cm³/mol. The van der Waals surface area contributed by atoms with Crippen LogP contribution < -0.4 is 0 Å². The number of amides is 1. The number of likely N-dealkylation sites (N-methyl/N-ethyl adjacent to an activating group) is 1. The van der Waals surface area contributed by atoms with E-state index >= 15 is 0 Å². The standard InChI is InChI=1S/C17H21FN2O4/c1-4-20(10-11(2)17(22)23-3)16(21)15-9-14(19-24-15)12-6-5-7-13(18)8-12/h5-8,11,15H,4,9-10H2,1-3H3/t11-,15-/m1/s1. The maximum atomic E-state index is 13.3. The Kier molecular flexibility index (Phi) is 5.89. The van der Waals surface area contributed by atoms with Gasteiger partial charge < -0.3 is 14.5 Å². The number of esters is 1. The highest BCUT2D eigenvalue weighted by Gasteiger charge is 2.33. The van der Waals surface area contributed by atoms with E-state index in [1.807, 2.05) is 6.92 Å². The first kappa shape index (κ1) is 17.9. The molecule has 1 aromatic rings. The quantitative estimate of drug-likeness (QED) is 0.745. The van der Waals surface area contributed by atoms with Crippen molar-refractivity contribution < 1.29 is 23.6 Å². The molecule has 0 unspecified atom stereocenters. The van der Waals surface area contributed by atoms with Crippen molar-refractivity contribution in [1.82, 2.24) is 4.90 Å². The van der Waals surface area contributed by atoms with Crippen molar-refractivity contribution in [3.63, 3.8) is 0 Å². The summed E-state index contributed by atoms with van der Waals surface area (Å²) in [4.78, 5) is 30.9. The number of carbonyl (C=O) groups is 2. The summed E-state index contributed by atoms with van der Waals surface area (Å²) in [7, 11) is 1.32. The fourth-order valence-electron chi connectivity index (χ4n) is 2.53. The molecular weight excluding hydrogens is 315 g/mol. The molecule has 1 aliphatic rings. The zero-order valence-electron chi connectivity index (χ0n) is 14.0. The van der Waals surface area contributed by atoms with E-state index < -0.39 is 12.0 Å². The lowest BCUT2D eigenvalue weighted by Gasteiger charge is -2.25. The van der Waals surface area contributed by atoms with Gasteiger partial charge in [-0.05, 0) is 19.1 Å². The summed E-state index contributed by atoms with van der Waals surface area (Å²) >= 11 is 0. The SMILES string of the molecule is CCN(C[C@@H](C)C(=O)OC)C(=O)[C@H]1CC(c2cccc(F)c2)=NO1. The average Bonchev–Trinajstić information content (AvgIpc) is 3.08. The van der Waals surface area contributed by atoms with Crippen LogP contribution in [0, 0.1) is 11.7 Å². The van der Waals surface area contributed by atoms with Gasteiger partial charge in [0, 0.05) is 25.1 Å². The van der Waals surface area contributed by atoms with Crippen molar-refractivity contribution in [1.29, 1.82) is 0 Å². The van der Waals surface area contributed by atoms with E-state index in [9.17, 15) is 14.0 Å². The van der Waals surface area contributed by atoms with E-state index in [1.165, 1.54) is 24.1 Å². The van der Waals surface area contributed by atoms with Crippen LogP contribution in [0.3, 0.4) is 0 Å². The van der Waals surface area contributed by atoms with Crippen molar-refractivity contribution in [2.24, 2.45) is 11.1 Å². The zero-order chi connectivity index (χ0) is 17.7. The van der Waals surface area contributed by atoms with Gasteiger partial charge in [0.05, 0.1) is 18.7 Å². The summed E-state index contributed by atoms with van der Waals surface area (Å²) in [6, 6.07) is 6.00. The Morgan fingerprint density at radius 3 is 2.88 bits per heavy atom. The first-order valence-electron chi connectivity index (χ1n) is 7.81. The van der Waals surface area contributed by atoms with Crippen LogP contribution in [0.25, 0.3) is 0 Å². The van der Waals surface area contributed by atoms with Gasteiger partial charge in [0.1, 0.15) is 5.82 Å². The van der Waals surface area contributed by atoms with E-state index in [0.29, 0.717) is 17.8 Å². The Hall–Kier alpha value is -2.44. The minimum absolute atomic E-state index is 0.247. The molecule has 1 aromatic carbocycles. The number of carbonyl (C=O) groups excluding carboxylic acids is 2. The number of halogens is 1. The Balaban J connectivity index is 1.99. The summed E-state index contributed by atoms with van der Waals surface area (Å²) in [5, 5.41) is 3.91. The van der Waals surface area contributed by atoms with Crippen LogP contribution in [-0.4, -0.2) is 48.8 Å². The highest BCUT2D eigenvalue weighted by Crippen LogP contribution is 2.19. The topological polar surface area (TPSA) is 68.2 Å². The number of rotatable bonds is 6. The van der Waals surface area contributed by atoms with E-state index in [4.69, 9.17) is 4.84 Å². The van der Waals surface area contributed by atoms with Crippen molar-refractivity contribution >= 4 is 17.6 Å². The minimum atomic E-state index is -0.756. The van der Waals surface area contributed by atoms with Crippen molar-refractivity contribution in [3.8, 4) is 0 Å². The number of ether oxygens (including phenoxy) is 1. The van der Waals surface area contributed by atoms with Crippen LogP contribution in [0.1, 0.15) is 25.8 Å². The van der Waals surface area contributed by atoms with Gasteiger partial charge in [0.25, 0.3) is 5.91 Å². The Morgan fingerprint density at radius 2 is 2.25 bits per heavy atom. The van der Waals surface area contributed by atoms with Gasteiger partial charge in [-0.25, -0.2) is 4.39 Å². The Morgan fingerprint density at radius 1 is 1.50 bits per heavy atom. The number of nitrogens with zero attached hydrogens (tertiary/aromatic N) is 2. The molecule has 1 amide bonds. The summed E-state index contributed by atoms with van der Waals surface area (Å²) in [6.45, 7) is 4.21. The van der Waals surface area contributed by atoms with Crippen LogP contribution in [0.4, 0.5) is 4.39 Å². The molecule has 24 heavy (non-hydrogen) atoms. The number of hydrogen-bond donors (Lipinski definition) is 0. The fourth-order valence-corrected chi connectivity index (χ4v) is 2.53. The number of oxime groups is 1. The number of hydrogen-bond acceptors (Lipinski definition) is 5. The monoisotopic (exact) mass is 336 g/mol. The third-order valence-corrected chi connectivity index (χ3v) is 3.89. The van der Waals surface area contributed by atoms with E-state index in [-0.39, 0.29) is 30.7 Å². The largest absolute Gasteiger partial charge is 0.469 e. The molecule has 7 heteroatoms. The molecule has 6 nitrogen and oxygen atoms in total. The van der Waals surface area contributed by atoms with Crippen LogP contribution in [0.15, 0.2) is 29.4 Å². The summed E-state index contributed by atoms with van der Waals surface area (Å²) < 4.78 is 18.0. The first-order chi connectivity index (χ1) is 11.5. The molecule has 0 aromatic heterocycles. The smallest absolute Gasteiger partial charge is 0.310 e. The summed E-state index contributed by atoms with van der Waals surface area (Å²) in [6.07, 6.45) is -0.487. The summed E-state index contributed by atoms with van der Waals surface area (Å²) in [5.41, 5.74) is 1.13. The maximum absolute atomic E-state index is 13.3. The second kappa shape index (κ2) is 7.90. The van der Waals surface area contributed by atoms with Gasteiger partial charge in [-0.3, -0.25) is 9.59 Å². The molecule has 2 rings (SSSR count). The first-order valence-corrected chi connectivity index (χ1v) is 7.81. The predicted octanol–water partition coefficient (Wildman–Crippen LogP) is 1.98. The third kappa shape index (κ3) is 4.10. The van der Waals surface area contributed by atoms with Gasteiger partial charge in [0.2, 0.25) is 6.10 Å². The van der Waals surface area contributed by atoms with Crippen molar-refractivity contribution in [2.75, 3.05) is 20.2 Å². The normalized spacial score (nSPS) is 17.7. The van der Waals surface area contributed by atoms with Gasteiger partial charge in [0.15, 0.2) is 0 Å². The molecular formula is C17H21FN2O4. The average molecular weight is 336 g/mol. The molecule has 0 aliphatic carbocycles. The molecule has 130 valence electrons. The molecule has 0 fully saturated rings. The molecule has 1 heterocycles. The van der Waals surface area contributed by atoms with Gasteiger partial charge >= 0.3 is 5.97 Å². The molecule has 0 N–H and O–H groups in total. The van der Waals surface area contributed by atoms with Crippen LogP contribution in [-0.2, 0) is 19.2 Å². The highest BCUT2D eigenvalue weighted by atomic mass is 19.1. The Labute approximate surface area is 140 Å². The lowest BCUT2D eigenvalue weighted by atomic mass is 10.0. The number of benzene rings is 1. The molecule has 1 aliphatic heterocycles. The minimum Gasteiger partial charge on any atom is -0.469 e. The van der Waals surface area contributed by atoms with Gasteiger partial charge in [-0.15, -0.1) is 0 Å². The van der Waals surface area contributed by atoms with E-state index in [2.05, 4.69) is 9.89 Å². The van der Waals surface area contributed by atoms with E-state index in [0.717, 1.165) is 0 Å². The molecule has 0 bridgehead atoms. The number of methoxy groups -OCH3 is 1. The molecule has 0 saturated carbocycles. The van der Waals surface area contributed by atoms with Crippen LogP contribution in [0.5, 0.6) is 0 Å². The maximum Gasteiger partial charge on any atom is 0.310 e. The molecule has 0 spiro atoms. The van der Waals surface area contributed by atoms with Crippen LogP contribution in [0.2, 0.25) is 0 Å². The van der Waals surface area contributed by atoms with Crippen LogP contribution >= 0.6 is 0 Å². The lowest BCUT2D eigenvalue weighted by Crippen LogP contribution is -2.42. The van der Waals surface area contributed by atoms with Gasteiger partial charge in [-0.1, -0.05) is 24.2 Å². The molecule has 0 saturated heterocycles. The fraction of sp³-hybridized carbons (Fsp3) is 0.471. The second-order valence-corrected chi connectivity index (χ2v) is 5.65. The molecule has 2 atom stereocenters. The molecule has 0 radical (unpaired) electrons. The third-order valence-electron chi connectivity index (χ3n) is 3.89.